The van der Waals surface area contributed by atoms with Gasteiger partial charge in [-0.25, -0.2) is 0 Å². The minimum absolute atomic E-state index is 0.155. The summed E-state index contributed by atoms with van der Waals surface area (Å²) in [5, 5.41) is 11.7. The number of carbonyl (C=O) groups is 1. The Bertz CT molecular complexity index is 921. The van der Waals surface area contributed by atoms with Crippen molar-refractivity contribution >= 4 is 46.1 Å². The van der Waals surface area contributed by atoms with E-state index >= 15 is 0 Å². The molecule has 0 aliphatic rings. The number of carbonyl (C=O) groups excluding carboxylic acids is 1. The fourth-order valence-electron chi connectivity index (χ4n) is 2.48. The van der Waals surface area contributed by atoms with Crippen molar-refractivity contribution in [1.82, 2.24) is 9.71 Å². The molecule has 0 spiro atoms. The summed E-state index contributed by atoms with van der Waals surface area (Å²) in [6, 6.07) is 19.0. The van der Waals surface area contributed by atoms with Gasteiger partial charge in [-0.05, 0) is 95.6 Å². The molecule has 7 heteroatoms. The van der Waals surface area contributed by atoms with E-state index in [2.05, 4.69) is 37.6 Å². The summed E-state index contributed by atoms with van der Waals surface area (Å²) < 4.78 is 4.24. The quantitative estimate of drug-likeness (QED) is 0.238. The summed E-state index contributed by atoms with van der Waals surface area (Å²) in [5.41, 5.74) is 3.19. The van der Waals surface area contributed by atoms with Crippen molar-refractivity contribution in [1.29, 1.82) is 0 Å². The van der Waals surface area contributed by atoms with Crippen LogP contribution in [-0.2, 0) is 0 Å². The van der Waals surface area contributed by atoms with Gasteiger partial charge in [0.2, 0.25) is 0 Å². The second-order valence-corrected chi connectivity index (χ2v) is 8.09. The third-order valence-corrected chi connectivity index (χ3v) is 5.71. The van der Waals surface area contributed by atoms with Crippen molar-refractivity contribution in [3.63, 3.8) is 0 Å². The molecule has 0 radical (unpaired) electrons. The fourth-order valence-corrected chi connectivity index (χ4v) is 3.78. The van der Waals surface area contributed by atoms with E-state index in [1.165, 1.54) is 11.9 Å². The molecule has 3 aromatic rings. The highest BCUT2D eigenvalue weighted by molar-refractivity contribution is 14.1. The van der Waals surface area contributed by atoms with Crippen LogP contribution in [0.5, 0.6) is 0 Å². The Labute approximate surface area is 182 Å². The zero-order chi connectivity index (χ0) is 19.8. The molecule has 2 aromatic carbocycles. The zero-order valence-corrected chi connectivity index (χ0v) is 18.0. The van der Waals surface area contributed by atoms with Crippen LogP contribution in [0.1, 0.15) is 16.8 Å². The lowest BCUT2D eigenvalue weighted by Crippen LogP contribution is -2.12. The highest BCUT2D eigenvalue weighted by atomic mass is 127. The average Bonchev–Trinajstić information content (AvgIpc) is 2.73. The first-order valence-electron chi connectivity index (χ1n) is 8.80. The van der Waals surface area contributed by atoms with Gasteiger partial charge in [0.15, 0.2) is 0 Å². The topological polar surface area (TPSA) is 74.2 Å². The SMILES string of the molecule is O=C(Nc1ccc(I)c(-c2ccccn2)c1)c1ccc(SNCCCO)cc1. The minimum Gasteiger partial charge on any atom is -0.396 e. The lowest BCUT2D eigenvalue weighted by Gasteiger charge is -2.10. The smallest absolute Gasteiger partial charge is 0.255 e. The van der Waals surface area contributed by atoms with Crippen molar-refractivity contribution in [2.75, 3.05) is 18.5 Å². The number of amides is 1. The molecule has 0 bridgehead atoms. The van der Waals surface area contributed by atoms with Crippen LogP contribution in [0.4, 0.5) is 5.69 Å². The number of hydrogen-bond donors (Lipinski definition) is 3. The lowest BCUT2D eigenvalue weighted by atomic mass is 10.1. The van der Waals surface area contributed by atoms with Crippen molar-refractivity contribution in [2.45, 2.75) is 11.3 Å². The van der Waals surface area contributed by atoms with E-state index in [0.29, 0.717) is 12.0 Å². The Morgan fingerprint density at radius 2 is 1.93 bits per heavy atom. The normalized spacial score (nSPS) is 10.6. The first-order chi connectivity index (χ1) is 13.7. The van der Waals surface area contributed by atoms with Crippen LogP contribution in [0.25, 0.3) is 11.3 Å². The predicted octanol–water partition coefficient (Wildman–Crippen LogP) is 4.58. The van der Waals surface area contributed by atoms with E-state index in [9.17, 15) is 4.79 Å². The Hall–Kier alpha value is -1.94. The van der Waals surface area contributed by atoms with Gasteiger partial charge in [-0.3, -0.25) is 14.5 Å². The Balaban J connectivity index is 1.66. The summed E-state index contributed by atoms with van der Waals surface area (Å²) in [6.07, 6.45) is 2.47. The standard InChI is InChI=1S/C21H20IN3O2S/c22-19-10-7-16(14-18(19)20-4-1-2-11-23-20)25-21(27)15-5-8-17(9-6-15)28-24-12-3-13-26/h1-2,4-11,14,24,26H,3,12-13H2,(H,25,27). The van der Waals surface area contributed by atoms with Crippen LogP contribution < -0.4 is 10.0 Å². The van der Waals surface area contributed by atoms with Gasteiger partial charge >= 0.3 is 0 Å². The molecule has 0 atom stereocenters. The summed E-state index contributed by atoms with van der Waals surface area (Å²) >= 11 is 3.76. The van der Waals surface area contributed by atoms with Crippen molar-refractivity contribution in [2.24, 2.45) is 0 Å². The number of nitrogens with one attached hydrogen (secondary N) is 2. The maximum atomic E-state index is 12.6. The molecular formula is C21H20IN3O2S. The highest BCUT2D eigenvalue weighted by Gasteiger charge is 2.10. The van der Waals surface area contributed by atoms with E-state index < -0.39 is 0 Å². The maximum absolute atomic E-state index is 12.6. The first-order valence-corrected chi connectivity index (χ1v) is 10.7. The van der Waals surface area contributed by atoms with Crippen molar-refractivity contribution < 1.29 is 9.90 Å². The van der Waals surface area contributed by atoms with Gasteiger partial charge < -0.3 is 10.4 Å². The molecule has 1 aromatic heterocycles. The molecule has 1 heterocycles. The number of hydrogen-bond acceptors (Lipinski definition) is 5. The Morgan fingerprint density at radius 1 is 1.11 bits per heavy atom. The van der Waals surface area contributed by atoms with Crippen LogP contribution >= 0.6 is 34.5 Å². The number of anilines is 1. The van der Waals surface area contributed by atoms with Gasteiger partial charge in [-0.1, -0.05) is 6.07 Å². The van der Waals surface area contributed by atoms with Gasteiger partial charge in [-0.15, -0.1) is 0 Å². The van der Waals surface area contributed by atoms with Crippen LogP contribution in [-0.4, -0.2) is 29.1 Å². The number of benzene rings is 2. The van der Waals surface area contributed by atoms with E-state index in [1.54, 1.807) is 18.3 Å². The number of aromatic nitrogens is 1. The Morgan fingerprint density at radius 3 is 2.64 bits per heavy atom. The third-order valence-electron chi connectivity index (χ3n) is 3.91. The number of aliphatic hydroxyl groups excluding tert-OH is 1. The molecule has 28 heavy (non-hydrogen) atoms. The van der Waals surface area contributed by atoms with Crippen LogP contribution in [0.3, 0.4) is 0 Å². The molecular weight excluding hydrogens is 485 g/mol. The predicted molar refractivity (Wildman–Crippen MR) is 122 cm³/mol. The molecule has 0 aliphatic heterocycles. The molecule has 3 N–H and O–H groups in total. The van der Waals surface area contributed by atoms with Gasteiger partial charge in [0.05, 0.1) is 5.69 Å². The van der Waals surface area contributed by atoms with Gasteiger partial charge in [0.1, 0.15) is 0 Å². The molecule has 5 nitrogen and oxygen atoms in total. The fraction of sp³-hybridized carbons (Fsp3) is 0.143. The zero-order valence-electron chi connectivity index (χ0n) is 15.1. The monoisotopic (exact) mass is 505 g/mol. The second kappa shape index (κ2) is 10.6. The summed E-state index contributed by atoms with van der Waals surface area (Å²) in [4.78, 5) is 18.0. The summed E-state index contributed by atoms with van der Waals surface area (Å²) in [6.45, 7) is 0.905. The molecule has 3 rings (SSSR count). The maximum Gasteiger partial charge on any atom is 0.255 e. The van der Waals surface area contributed by atoms with Crippen LogP contribution in [0, 0.1) is 3.57 Å². The van der Waals surface area contributed by atoms with E-state index in [-0.39, 0.29) is 12.5 Å². The molecule has 144 valence electrons. The lowest BCUT2D eigenvalue weighted by molar-refractivity contribution is 0.102. The van der Waals surface area contributed by atoms with E-state index in [1.807, 2.05) is 48.5 Å². The van der Waals surface area contributed by atoms with E-state index in [4.69, 9.17) is 5.11 Å². The van der Waals surface area contributed by atoms with Gasteiger partial charge in [0.25, 0.3) is 5.91 Å². The number of nitrogens with zero attached hydrogens (tertiary/aromatic N) is 1. The number of aliphatic hydroxyl groups is 1. The van der Waals surface area contributed by atoms with Crippen LogP contribution in [0.15, 0.2) is 71.8 Å². The molecule has 0 saturated heterocycles. The summed E-state index contributed by atoms with van der Waals surface area (Å²) in [5.74, 6) is -0.155. The van der Waals surface area contributed by atoms with Crippen LogP contribution in [0.2, 0.25) is 0 Å². The highest BCUT2D eigenvalue weighted by Crippen LogP contribution is 2.27. The molecule has 1 amide bonds. The third kappa shape index (κ3) is 5.78. The number of rotatable bonds is 8. The Kier molecular flexibility index (Phi) is 7.84. The molecule has 0 saturated carbocycles. The van der Waals surface area contributed by atoms with Gasteiger partial charge in [0, 0.05) is 44.6 Å². The van der Waals surface area contributed by atoms with Crippen molar-refractivity contribution in [3.8, 4) is 11.3 Å². The average molecular weight is 505 g/mol. The number of pyridine rings is 1. The molecule has 0 aliphatic carbocycles. The largest absolute Gasteiger partial charge is 0.396 e. The van der Waals surface area contributed by atoms with Crippen molar-refractivity contribution in [3.05, 3.63) is 76.0 Å². The summed E-state index contributed by atoms with van der Waals surface area (Å²) in [7, 11) is 0. The van der Waals surface area contributed by atoms with Gasteiger partial charge in [-0.2, -0.15) is 0 Å². The minimum atomic E-state index is -0.155. The molecule has 0 unspecified atom stereocenters. The first kappa shape index (κ1) is 20.8. The molecule has 0 fully saturated rings. The number of halogens is 1. The van der Waals surface area contributed by atoms with E-state index in [0.717, 1.165) is 32.0 Å². The second-order valence-electron chi connectivity index (χ2n) is 5.96.